The minimum Gasteiger partial charge on any atom is -0.478 e. The molecule has 0 atom stereocenters. The highest BCUT2D eigenvalue weighted by molar-refractivity contribution is 5.95. The van der Waals surface area contributed by atoms with Gasteiger partial charge < -0.3 is 10.0 Å². The van der Waals surface area contributed by atoms with Crippen molar-refractivity contribution in [3.63, 3.8) is 0 Å². The Balaban J connectivity index is 2.53. The second-order valence-electron chi connectivity index (χ2n) is 4.72. The van der Waals surface area contributed by atoms with E-state index in [0.29, 0.717) is 18.7 Å². The van der Waals surface area contributed by atoms with Crippen LogP contribution in [0, 0.1) is 18.3 Å². The number of nitrogens with zero attached hydrogens (tertiary/aromatic N) is 2. The molecule has 106 valence electrons. The summed E-state index contributed by atoms with van der Waals surface area (Å²) in [4.78, 5) is 13.3. The molecule has 1 N–H and O–H groups in total. The van der Waals surface area contributed by atoms with E-state index in [4.69, 9.17) is 5.26 Å². The molecule has 0 saturated carbocycles. The number of nitriles is 1. The lowest BCUT2D eigenvalue weighted by atomic mass is 10.1. The highest BCUT2D eigenvalue weighted by Crippen LogP contribution is 2.29. The standard InChI is InChI=1S/C17H16N2O2/c1-13-8-9-15(17(20)21)16(12-13)19(11-5-10-18)14-6-3-2-4-7-14/h2-4,6-9,12H,5,11H2,1H3,(H,20,21). The summed E-state index contributed by atoms with van der Waals surface area (Å²) in [6, 6.07) is 16.8. The molecular formula is C17H16N2O2. The van der Waals surface area contributed by atoms with Gasteiger partial charge >= 0.3 is 5.97 Å². The molecule has 2 aromatic carbocycles. The lowest BCUT2D eigenvalue weighted by Crippen LogP contribution is -2.21. The van der Waals surface area contributed by atoms with E-state index in [1.54, 1.807) is 12.1 Å². The Kier molecular flexibility index (Phi) is 4.57. The van der Waals surface area contributed by atoms with Crippen molar-refractivity contribution in [1.29, 1.82) is 5.26 Å². The number of rotatable bonds is 5. The van der Waals surface area contributed by atoms with Crippen LogP contribution >= 0.6 is 0 Å². The number of benzene rings is 2. The highest BCUT2D eigenvalue weighted by atomic mass is 16.4. The number of para-hydroxylation sites is 1. The van der Waals surface area contributed by atoms with Crippen molar-refractivity contribution in [2.45, 2.75) is 13.3 Å². The maximum absolute atomic E-state index is 11.5. The molecule has 4 heteroatoms. The Morgan fingerprint density at radius 2 is 1.95 bits per heavy atom. The fraction of sp³-hybridized carbons (Fsp3) is 0.176. The zero-order valence-corrected chi connectivity index (χ0v) is 11.8. The number of aryl methyl sites for hydroxylation is 1. The Morgan fingerprint density at radius 3 is 2.57 bits per heavy atom. The van der Waals surface area contributed by atoms with Crippen LogP contribution in [0.4, 0.5) is 11.4 Å². The SMILES string of the molecule is Cc1ccc(C(=O)O)c(N(CCC#N)c2ccccc2)c1. The smallest absolute Gasteiger partial charge is 0.337 e. The zero-order chi connectivity index (χ0) is 15.2. The zero-order valence-electron chi connectivity index (χ0n) is 11.8. The van der Waals surface area contributed by atoms with Crippen molar-refractivity contribution in [1.82, 2.24) is 0 Å². The van der Waals surface area contributed by atoms with E-state index in [9.17, 15) is 9.90 Å². The molecule has 0 bridgehead atoms. The van der Waals surface area contributed by atoms with Gasteiger partial charge in [-0.25, -0.2) is 4.79 Å². The molecule has 0 unspecified atom stereocenters. The first-order valence-electron chi connectivity index (χ1n) is 6.67. The van der Waals surface area contributed by atoms with Crippen LogP contribution in [-0.4, -0.2) is 17.6 Å². The van der Waals surface area contributed by atoms with Crippen LogP contribution in [0.3, 0.4) is 0 Å². The molecule has 0 saturated heterocycles. The molecule has 4 nitrogen and oxygen atoms in total. The van der Waals surface area contributed by atoms with E-state index in [0.717, 1.165) is 11.3 Å². The normalized spacial score (nSPS) is 9.90. The van der Waals surface area contributed by atoms with Gasteiger partial charge in [-0.2, -0.15) is 5.26 Å². The summed E-state index contributed by atoms with van der Waals surface area (Å²) in [6.45, 7) is 2.37. The molecule has 0 spiro atoms. The monoisotopic (exact) mass is 280 g/mol. The van der Waals surface area contributed by atoms with Crippen LogP contribution in [0.15, 0.2) is 48.5 Å². The summed E-state index contributed by atoms with van der Waals surface area (Å²) >= 11 is 0. The fourth-order valence-electron chi connectivity index (χ4n) is 2.20. The molecule has 21 heavy (non-hydrogen) atoms. The molecule has 2 aromatic rings. The van der Waals surface area contributed by atoms with Gasteiger partial charge in [0.2, 0.25) is 0 Å². The van der Waals surface area contributed by atoms with Crippen molar-refractivity contribution in [2.75, 3.05) is 11.4 Å². The van der Waals surface area contributed by atoms with Gasteiger partial charge in [0.15, 0.2) is 0 Å². The van der Waals surface area contributed by atoms with Crippen molar-refractivity contribution in [2.24, 2.45) is 0 Å². The lowest BCUT2D eigenvalue weighted by Gasteiger charge is -2.26. The van der Waals surface area contributed by atoms with Crippen LogP contribution in [0.2, 0.25) is 0 Å². The van der Waals surface area contributed by atoms with Gasteiger partial charge in [-0.05, 0) is 36.8 Å². The van der Waals surface area contributed by atoms with E-state index < -0.39 is 5.97 Å². The molecule has 0 aromatic heterocycles. The Bertz CT molecular complexity index is 675. The second kappa shape index (κ2) is 6.58. The molecule has 0 amide bonds. The quantitative estimate of drug-likeness (QED) is 0.906. The van der Waals surface area contributed by atoms with Gasteiger partial charge in [-0.1, -0.05) is 24.3 Å². The molecule has 0 aliphatic carbocycles. The Morgan fingerprint density at radius 1 is 1.24 bits per heavy atom. The van der Waals surface area contributed by atoms with Crippen molar-refractivity contribution < 1.29 is 9.90 Å². The van der Waals surface area contributed by atoms with Crippen LogP contribution in [0.5, 0.6) is 0 Å². The van der Waals surface area contributed by atoms with Crippen molar-refractivity contribution in [3.8, 4) is 6.07 Å². The third-order valence-electron chi connectivity index (χ3n) is 3.19. The lowest BCUT2D eigenvalue weighted by molar-refractivity contribution is 0.0697. The molecule has 0 aliphatic heterocycles. The summed E-state index contributed by atoms with van der Waals surface area (Å²) in [5.74, 6) is -0.970. The predicted molar refractivity (Wildman–Crippen MR) is 81.8 cm³/mol. The van der Waals surface area contributed by atoms with Crippen LogP contribution < -0.4 is 4.90 Å². The highest BCUT2D eigenvalue weighted by Gasteiger charge is 2.17. The largest absolute Gasteiger partial charge is 0.478 e. The van der Waals surface area contributed by atoms with Crippen LogP contribution in [-0.2, 0) is 0 Å². The van der Waals surface area contributed by atoms with Crippen molar-refractivity contribution >= 4 is 17.3 Å². The van der Waals surface area contributed by atoms with Crippen molar-refractivity contribution in [3.05, 3.63) is 59.7 Å². The number of carboxylic acids is 1. The maximum Gasteiger partial charge on any atom is 0.337 e. The first-order valence-corrected chi connectivity index (χ1v) is 6.67. The fourth-order valence-corrected chi connectivity index (χ4v) is 2.20. The first-order chi connectivity index (χ1) is 10.1. The minimum absolute atomic E-state index is 0.238. The van der Waals surface area contributed by atoms with Gasteiger partial charge in [-0.3, -0.25) is 0 Å². The van der Waals surface area contributed by atoms with E-state index >= 15 is 0 Å². The third kappa shape index (κ3) is 3.40. The maximum atomic E-state index is 11.5. The first kappa shape index (κ1) is 14.6. The average molecular weight is 280 g/mol. The molecular weight excluding hydrogens is 264 g/mol. The number of aromatic carboxylic acids is 1. The summed E-state index contributed by atoms with van der Waals surface area (Å²) in [5.41, 5.74) is 2.71. The average Bonchev–Trinajstić information content (AvgIpc) is 2.48. The summed E-state index contributed by atoms with van der Waals surface area (Å²) in [7, 11) is 0. The second-order valence-corrected chi connectivity index (χ2v) is 4.72. The van der Waals surface area contributed by atoms with Crippen LogP contribution in [0.1, 0.15) is 22.3 Å². The van der Waals surface area contributed by atoms with Crippen LogP contribution in [0.25, 0.3) is 0 Å². The van der Waals surface area contributed by atoms with Gasteiger partial charge in [0, 0.05) is 12.2 Å². The van der Waals surface area contributed by atoms with E-state index in [1.807, 2.05) is 48.2 Å². The molecule has 0 radical (unpaired) electrons. The van der Waals surface area contributed by atoms with Gasteiger partial charge in [0.25, 0.3) is 0 Å². The number of anilines is 2. The topological polar surface area (TPSA) is 64.3 Å². The summed E-state index contributed by atoms with van der Waals surface area (Å²) < 4.78 is 0. The van der Waals surface area contributed by atoms with E-state index in [2.05, 4.69) is 6.07 Å². The Hall–Kier alpha value is -2.80. The number of carboxylic acid groups (broad SMARTS) is 1. The molecule has 2 rings (SSSR count). The molecule has 0 aliphatic rings. The van der Waals surface area contributed by atoms with E-state index in [1.165, 1.54) is 0 Å². The third-order valence-corrected chi connectivity index (χ3v) is 3.19. The molecule has 0 fully saturated rings. The van der Waals surface area contributed by atoms with Gasteiger partial charge in [0.1, 0.15) is 0 Å². The van der Waals surface area contributed by atoms with Gasteiger partial charge in [0.05, 0.1) is 23.7 Å². The number of hydrogen-bond acceptors (Lipinski definition) is 3. The van der Waals surface area contributed by atoms with Gasteiger partial charge in [-0.15, -0.1) is 0 Å². The number of hydrogen-bond donors (Lipinski definition) is 1. The van der Waals surface area contributed by atoms with E-state index in [-0.39, 0.29) is 5.56 Å². The molecule has 0 heterocycles. The number of carbonyl (C=O) groups is 1. The summed E-state index contributed by atoms with van der Waals surface area (Å²) in [6.07, 6.45) is 0.321. The Labute approximate surface area is 123 Å². The minimum atomic E-state index is -0.970. The predicted octanol–water partition coefficient (Wildman–Crippen LogP) is 3.75. The summed E-state index contributed by atoms with van der Waals surface area (Å²) in [5, 5.41) is 18.2.